The minimum Gasteiger partial charge on any atom is -0.339 e. The second kappa shape index (κ2) is 7.48. The Bertz CT molecular complexity index is 952. The van der Waals surface area contributed by atoms with Crippen molar-refractivity contribution >= 4 is 63.2 Å². The molecule has 25 heavy (non-hydrogen) atoms. The Labute approximate surface area is 160 Å². The number of nitrogens with one attached hydrogen (secondary N) is 1. The van der Waals surface area contributed by atoms with Gasteiger partial charge in [0.05, 0.1) is 15.7 Å². The van der Waals surface area contributed by atoms with Crippen molar-refractivity contribution in [2.45, 2.75) is 13.3 Å². The van der Waals surface area contributed by atoms with Gasteiger partial charge in [-0.1, -0.05) is 14.8 Å². The molecule has 130 valence electrons. The number of fused-ring (bicyclic) bond motifs is 1. The van der Waals surface area contributed by atoms with Gasteiger partial charge in [0, 0.05) is 22.6 Å². The van der Waals surface area contributed by atoms with Crippen LogP contribution in [-0.4, -0.2) is 28.3 Å². The van der Waals surface area contributed by atoms with Crippen molar-refractivity contribution in [1.29, 1.82) is 0 Å². The van der Waals surface area contributed by atoms with Crippen LogP contribution in [0.2, 0.25) is 5.28 Å². The molecule has 1 N–H and O–H groups in total. The lowest BCUT2D eigenvalue weighted by molar-refractivity contribution is 0.605. The van der Waals surface area contributed by atoms with E-state index >= 15 is 0 Å². The number of hydrogen-bond acceptors (Lipinski definition) is 4. The smallest absolute Gasteiger partial charge is 0.224 e. The third-order valence-electron chi connectivity index (χ3n) is 3.75. The number of pyridine rings is 1. The molecule has 0 spiro atoms. The number of aryl methyl sites for hydroxylation is 1. The van der Waals surface area contributed by atoms with Crippen LogP contribution in [-0.2, 0) is 6.42 Å². The summed E-state index contributed by atoms with van der Waals surface area (Å²) in [6.07, 6.45) is 2.16. The molecule has 3 rings (SSSR count). The lowest BCUT2D eigenvalue weighted by atomic mass is 10.1. The number of aromatic nitrogens is 3. The Morgan fingerprint density at radius 3 is 2.72 bits per heavy atom. The topological polar surface area (TPSA) is 50.7 Å². The van der Waals surface area contributed by atoms with Gasteiger partial charge in [0.1, 0.15) is 11.6 Å². The van der Waals surface area contributed by atoms with Gasteiger partial charge in [-0.2, -0.15) is 4.98 Å². The number of nitrogens with zero attached hydrogens (tertiary/aromatic N) is 3. The molecule has 0 fully saturated rings. The van der Waals surface area contributed by atoms with Crippen molar-refractivity contribution in [2.75, 3.05) is 18.6 Å². The Morgan fingerprint density at radius 1 is 1.28 bits per heavy atom. The maximum Gasteiger partial charge on any atom is 0.224 e. The molecule has 0 radical (unpaired) electrons. The van der Waals surface area contributed by atoms with Crippen molar-refractivity contribution in [3.05, 3.63) is 45.7 Å². The maximum absolute atomic E-state index is 14.3. The highest BCUT2D eigenvalue weighted by Crippen LogP contribution is 2.35. The molecule has 2 aromatic heterocycles. The van der Waals surface area contributed by atoms with Gasteiger partial charge in [0.2, 0.25) is 5.28 Å². The van der Waals surface area contributed by atoms with E-state index in [1.54, 1.807) is 12.3 Å². The summed E-state index contributed by atoms with van der Waals surface area (Å²) in [5.41, 5.74) is 2.15. The van der Waals surface area contributed by atoms with Gasteiger partial charge in [0.15, 0.2) is 0 Å². The van der Waals surface area contributed by atoms with Crippen molar-refractivity contribution < 1.29 is 4.39 Å². The molecule has 1 aromatic carbocycles. The third kappa shape index (κ3) is 3.76. The van der Waals surface area contributed by atoms with Crippen LogP contribution in [0.5, 0.6) is 0 Å². The van der Waals surface area contributed by atoms with Gasteiger partial charge in [-0.3, -0.25) is 0 Å². The second-order valence-corrected chi connectivity index (χ2v) is 9.08. The van der Waals surface area contributed by atoms with Crippen LogP contribution in [0.3, 0.4) is 0 Å². The molecule has 0 bridgehead atoms. The molecular weight excluding hydrogens is 426 g/mol. The van der Waals surface area contributed by atoms with Gasteiger partial charge in [-0.05, 0) is 65.5 Å². The summed E-state index contributed by atoms with van der Waals surface area (Å²) in [6, 6.07) is 5.44. The zero-order chi connectivity index (χ0) is 18.1. The van der Waals surface area contributed by atoms with Gasteiger partial charge < -0.3 is 5.32 Å². The summed E-state index contributed by atoms with van der Waals surface area (Å²) < 4.78 is 15.0. The van der Waals surface area contributed by atoms with Gasteiger partial charge in [0.25, 0.3) is 0 Å². The van der Waals surface area contributed by atoms with E-state index in [0.29, 0.717) is 22.4 Å². The Morgan fingerprint density at radius 2 is 2.04 bits per heavy atom. The average molecular weight is 442 g/mol. The van der Waals surface area contributed by atoms with E-state index in [0.717, 1.165) is 21.9 Å². The first-order valence-corrected chi connectivity index (χ1v) is 11.1. The zero-order valence-electron chi connectivity index (χ0n) is 13.9. The lowest BCUT2D eigenvalue weighted by Gasteiger charge is -2.18. The van der Waals surface area contributed by atoms with E-state index in [4.69, 9.17) is 11.6 Å². The van der Waals surface area contributed by atoms with Gasteiger partial charge in [-0.25, -0.2) is 14.4 Å². The van der Waals surface area contributed by atoms with Gasteiger partial charge >= 0.3 is 0 Å². The Hall–Kier alpha value is -1.36. The van der Waals surface area contributed by atoms with E-state index < -0.39 is 7.92 Å². The Balaban J connectivity index is 2.18. The molecule has 4 nitrogen and oxygen atoms in total. The second-order valence-electron chi connectivity index (χ2n) is 5.65. The number of anilines is 2. The molecule has 3 aromatic rings. The molecule has 0 atom stereocenters. The van der Waals surface area contributed by atoms with Crippen LogP contribution < -0.4 is 10.6 Å². The molecule has 0 aliphatic rings. The van der Waals surface area contributed by atoms with Crippen molar-refractivity contribution in [3.8, 4) is 0 Å². The van der Waals surface area contributed by atoms with E-state index in [1.165, 1.54) is 0 Å². The summed E-state index contributed by atoms with van der Waals surface area (Å²) in [4.78, 5) is 12.6. The minimum absolute atomic E-state index is 0.156. The van der Waals surface area contributed by atoms with E-state index in [-0.39, 0.29) is 11.1 Å². The average Bonchev–Trinajstić information content (AvgIpc) is 2.57. The van der Waals surface area contributed by atoms with Crippen LogP contribution in [0.4, 0.5) is 15.9 Å². The normalized spacial score (nSPS) is 11.3. The summed E-state index contributed by atoms with van der Waals surface area (Å²) in [5, 5.41) is 5.31. The van der Waals surface area contributed by atoms with Gasteiger partial charge in [-0.15, -0.1) is 0 Å². The van der Waals surface area contributed by atoms with Crippen LogP contribution in [0.1, 0.15) is 12.6 Å². The van der Waals surface area contributed by atoms with Crippen LogP contribution >= 0.6 is 35.5 Å². The summed E-state index contributed by atoms with van der Waals surface area (Å²) in [7, 11) is -0.517. The van der Waals surface area contributed by atoms with Crippen molar-refractivity contribution in [3.63, 3.8) is 0 Å². The Kier molecular flexibility index (Phi) is 5.52. The molecule has 0 saturated heterocycles. The minimum atomic E-state index is -0.517. The molecule has 0 amide bonds. The van der Waals surface area contributed by atoms with Crippen molar-refractivity contribution in [1.82, 2.24) is 15.0 Å². The first-order valence-electron chi connectivity index (χ1n) is 7.65. The fraction of sp³-hybridized carbons (Fsp3) is 0.235. The molecule has 0 saturated carbocycles. The molecule has 2 heterocycles. The first kappa shape index (κ1) is 18.4. The molecule has 0 unspecified atom stereocenters. The number of halogens is 3. The van der Waals surface area contributed by atoms with Crippen molar-refractivity contribution in [2.24, 2.45) is 0 Å². The number of benzene rings is 1. The highest BCUT2D eigenvalue weighted by molar-refractivity contribution is 9.10. The fourth-order valence-electron chi connectivity index (χ4n) is 2.64. The summed E-state index contributed by atoms with van der Waals surface area (Å²) in [5.74, 6) is 0.299. The largest absolute Gasteiger partial charge is 0.339 e. The molecule has 8 heteroatoms. The molecular formula is C17H16BrClFN4P. The number of rotatable bonds is 4. The van der Waals surface area contributed by atoms with Crippen LogP contribution in [0.25, 0.3) is 10.9 Å². The number of hydrogen-bond donors (Lipinski definition) is 1. The summed E-state index contributed by atoms with van der Waals surface area (Å²) >= 11 is 9.31. The van der Waals surface area contributed by atoms with Crippen LogP contribution in [0, 0.1) is 5.82 Å². The highest BCUT2D eigenvalue weighted by Gasteiger charge is 2.16. The SMILES string of the molecule is CCc1nc2ccc(Nc3nc(Cl)ncc3Br)c(P(C)C)c2cc1F. The van der Waals surface area contributed by atoms with Crippen LogP contribution in [0.15, 0.2) is 28.9 Å². The maximum atomic E-state index is 14.3. The lowest BCUT2D eigenvalue weighted by Crippen LogP contribution is -2.11. The summed E-state index contributed by atoms with van der Waals surface area (Å²) in [6.45, 7) is 6.16. The predicted molar refractivity (Wildman–Crippen MR) is 108 cm³/mol. The monoisotopic (exact) mass is 440 g/mol. The molecule has 0 aliphatic heterocycles. The third-order valence-corrected chi connectivity index (χ3v) is 5.88. The van der Waals surface area contributed by atoms with E-state index in [1.807, 2.05) is 19.1 Å². The fourth-order valence-corrected chi connectivity index (χ4v) is 4.33. The van der Waals surface area contributed by atoms with E-state index in [2.05, 4.69) is 49.5 Å². The highest BCUT2D eigenvalue weighted by atomic mass is 79.9. The van der Waals surface area contributed by atoms with E-state index in [9.17, 15) is 4.39 Å². The molecule has 0 aliphatic carbocycles. The zero-order valence-corrected chi connectivity index (χ0v) is 17.2. The predicted octanol–water partition coefficient (Wildman–Crippen LogP) is 5.25. The first-order chi connectivity index (χ1) is 11.9. The standard InChI is InChI=1S/C17H16BrClFN4P/c1-4-12-11(20)7-9-13(22-12)5-6-14(15(9)25(2)3)23-16-10(18)8-21-17(19)24-16/h5-8H,4H2,1-3H3,(H,21,23,24). The quantitative estimate of drug-likeness (QED) is 0.444.